The number of carbonyl (C=O) groups is 1. The maximum Gasteiger partial charge on any atom is 0.251 e. The van der Waals surface area contributed by atoms with E-state index in [1.165, 1.54) is 50.3 Å². The molecule has 24 heavy (non-hydrogen) atoms. The summed E-state index contributed by atoms with van der Waals surface area (Å²) in [6.45, 7) is 3.11. The monoisotopic (exact) mass is 352 g/mol. The second kappa shape index (κ2) is 7.40. The van der Waals surface area contributed by atoms with E-state index in [9.17, 15) is 9.18 Å². The fraction of sp³-hybridized carbons (Fsp3) is 0.632. The van der Waals surface area contributed by atoms with Gasteiger partial charge in [-0.1, -0.05) is 37.3 Å². The van der Waals surface area contributed by atoms with Crippen LogP contribution < -0.4 is 10.6 Å². The second-order valence-electron chi connectivity index (χ2n) is 7.67. The molecule has 0 aromatic heterocycles. The van der Waals surface area contributed by atoms with E-state index in [4.69, 9.17) is 11.6 Å². The average Bonchev–Trinajstić information content (AvgIpc) is 2.97. The molecule has 3 nitrogen and oxygen atoms in total. The number of benzene rings is 1. The molecule has 1 aromatic carbocycles. The van der Waals surface area contributed by atoms with Crippen molar-refractivity contribution >= 4 is 17.5 Å². The van der Waals surface area contributed by atoms with Gasteiger partial charge in [0, 0.05) is 22.2 Å². The molecule has 3 rings (SSSR count). The van der Waals surface area contributed by atoms with Crippen LogP contribution in [0.4, 0.5) is 4.39 Å². The first kappa shape index (κ1) is 17.7. The van der Waals surface area contributed by atoms with Crippen molar-refractivity contribution in [1.82, 2.24) is 10.6 Å². The van der Waals surface area contributed by atoms with E-state index < -0.39 is 5.82 Å². The minimum absolute atomic E-state index is 0.221. The fourth-order valence-corrected chi connectivity index (χ4v) is 4.32. The normalized spacial score (nSPS) is 27.0. The van der Waals surface area contributed by atoms with E-state index in [0.29, 0.717) is 6.04 Å². The van der Waals surface area contributed by atoms with Crippen LogP contribution in [0.1, 0.15) is 62.2 Å². The summed E-state index contributed by atoms with van der Waals surface area (Å²) in [7, 11) is 0. The molecule has 0 spiro atoms. The molecule has 2 aliphatic rings. The Labute approximate surface area is 148 Å². The van der Waals surface area contributed by atoms with Crippen molar-refractivity contribution < 1.29 is 9.18 Å². The average molecular weight is 353 g/mol. The molecule has 0 heterocycles. The van der Waals surface area contributed by atoms with Crippen molar-refractivity contribution in [3.63, 3.8) is 0 Å². The summed E-state index contributed by atoms with van der Waals surface area (Å²) >= 11 is 5.82. The van der Waals surface area contributed by atoms with Crippen LogP contribution >= 0.6 is 11.6 Å². The highest BCUT2D eigenvalue weighted by atomic mass is 35.5. The van der Waals surface area contributed by atoms with Gasteiger partial charge in [0.05, 0.1) is 0 Å². The first-order chi connectivity index (χ1) is 11.4. The van der Waals surface area contributed by atoms with Crippen molar-refractivity contribution in [2.45, 2.75) is 63.5 Å². The zero-order valence-corrected chi connectivity index (χ0v) is 15.0. The lowest BCUT2D eigenvalue weighted by atomic mass is 9.73. The number of amides is 1. The summed E-state index contributed by atoms with van der Waals surface area (Å²) in [6, 6.07) is 4.39. The van der Waals surface area contributed by atoms with E-state index >= 15 is 0 Å². The molecular formula is C19H26ClFN2O. The van der Waals surface area contributed by atoms with Gasteiger partial charge in [-0.15, -0.1) is 0 Å². The van der Waals surface area contributed by atoms with Gasteiger partial charge < -0.3 is 10.6 Å². The van der Waals surface area contributed by atoms with Gasteiger partial charge in [0.1, 0.15) is 5.82 Å². The summed E-state index contributed by atoms with van der Waals surface area (Å²) in [5, 5.41) is 6.86. The summed E-state index contributed by atoms with van der Waals surface area (Å²) in [4.78, 5) is 12.3. The Kier molecular flexibility index (Phi) is 5.46. The Bertz CT molecular complexity index is 575. The van der Waals surface area contributed by atoms with E-state index in [-0.39, 0.29) is 22.0 Å². The molecule has 2 aliphatic carbocycles. The third-order valence-electron chi connectivity index (χ3n) is 5.39. The molecule has 1 aromatic rings. The molecular weight excluding hydrogens is 327 g/mol. The third-order valence-corrected chi connectivity index (χ3v) is 5.61. The molecule has 0 aliphatic heterocycles. The van der Waals surface area contributed by atoms with Crippen molar-refractivity contribution in [1.29, 1.82) is 0 Å². The number of hydrogen-bond donors (Lipinski definition) is 2. The summed E-state index contributed by atoms with van der Waals surface area (Å²) < 4.78 is 13.4. The van der Waals surface area contributed by atoms with Crippen LogP contribution in [0.2, 0.25) is 5.02 Å². The number of nitrogens with one attached hydrogen (secondary N) is 2. The Morgan fingerprint density at radius 2 is 2.00 bits per heavy atom. The number of hydrogen-bond acceptors (Lipinski definition) is 2. The van der Waals surface area contributed by atoms with Crippen LogP contribution in [0, 0.1) is 11.7 Å². The van der Waals surface area contributed by atoms with Gasteiger partial charge in [-0.05, 0) is 56.8 Å². The number of halogens is 2. The predicted molar refractivity (Wildman–Crippen MR) is 94.9 cm³/mol. The largest absolute Gasteiger partial charge is 0.347 e. The second-order valence-corrected chi connectivity index (χ2v) is 8.11. The molecule has 1 amide bonds. The lowest BCUT2D eigenvalue weighted by Gasteiger charge is -2.46. The highest BCUT2D eigenvalue weighted by Crippen LogP contribution is 2.33. The van der Waals surface area contributed by atoms with Gasteiger partial charge >= 0.3 is 0 Å². The SMILES string of the molecule is C[C@]1(NC(=O)c2cc(F)cc(Cl)c2)C[C@H](NCCC2CCCC2)C1. The van der Waals surface area contributed by atoms with Gasteiger partial charge in [-0.25, -0.2) is 4.39 Å². The van der Waals surface area contributed by atoms with Crippen LogP contribution in [0.3, 0.4) is 0 Å². The van der Waals surface area contributed by atoms with Gasteiger partial charge in [0.15, 0.2) is 0 Å². The zero-order valence-electron chi connectivity index (χ0n) is 14.2. The topological polar surface area (TPSA) is 41.1 Å². The van der Waals surface area contributed by atoms with Crippen LogP contribution in [0.25, 0.3) is 0 Å². The Balaban J connectivity index is 1.42. The predicted octanol–water partition coefficient (Wildman–Crippen LogP) is 4.30. The minimum atomic E-state index is -0.488. The zero-order chi connectivity index (χ0) is 17.2. The van der Waals surface area contributed by atoms with E-state index in [0.717, 1.165) is 25.3 Å². The minimum Gasteiger partial charge on any atom is -0.347 e. The van der Waals surface area contributed by atoms with Crippen LogP contribution in [0.15, 0.2) is 18.2 Å². The van der Waals surface area contributed by atoms with Gasteiger partial charge in [0.25, 0.3) is 5.91 Å². The standard InChI is InChI=1S/C19H26ClFN2O/c1-19(23-18(24)14-8-15(20)10-16(21)9-14)11-17(12-19)22-7-6-13-4-2-3-5-13/h8-10,13,17,22H,2-7,11-12H2,1H3,(H,23,24)/t17-,19-. The highest BCUT2D eigenvalue weighted by Gasteiger charge is 2.41. The quantitative estimate of drug-likeness (QED) is 0.801. The molecule has 2 saturated carbocycles. The van der Waals surface area contributed by atoms with Crippen LogP contribution in [-0.2, 0) is 0 Å². The van der Waals surface area contributed by atoms with Crippen LogP contribution in [-0.4, -0.2) is 24.0 Å². The molecule has 2 fully saturated rings. The highest BCUT2D eigenvalue weighted by molar-refractivity contribution is 6.31. The van der Waals surface area contributed by atoms with E-state index in [1.54, 1.807) is 0 Å². The number of rotatable bonds is 6. The molecule has 5 heteroatoms. The molecule has 0 saturated heterocycles. The van der Waals surface area contributed by atoms with Gasteiger partial charge in [-0.2, -0.15) is 0 Å². The summed E-state index contributed by atoms with van der Waals surface area (Å²) in [5.74, 6) is 0.155. The Morgan fingerprint density at radius 1 is 1.29 bits per heavy atom. The lowest BCUT2D eigenvalue weighted by Crippen LogP contribution is -2.61. The molecule has 0 unspecified atom stereocenters. The van der Waals surface area contributed by atoms with E-state index in [1.807, 2.05) is 6.92 Å². The lowest BCUT2D eigenvalue weighted by molar-refractivity contribution is 0.0797. The smallest absolute Gasteiger partial charge is 0.251 e. The first-order valence-corrected chi connectivity index (χ1v) is 9.33. The number of carbonyl (C=O) groups excluding carboxylic acids is 1. The van der Waals surface area contributed by atoms with Crippen molar-refractivity contribution in [3.8, 4) is 0 Å². The van der Waals surface area contributed by atoms with Crippen LogP contribution in [0.5, 0.6) is 0 Å². The van der Waals surface area contributed by atoms with Gasteiger partial charge in [-0.3, -0.25) is 4.79 Å². The first-order valence-electron chi connectivity index (χ1n) is 8.95. The van der Waals surface area contributed by atoms with Crippen molar-refractivity contribution in [3.05, 3.63) is 34.6 Å². The van der Waals surface area contributed by atoms with Gasteiger partial charge in [0.2, 0.25) is 0 Å². The molecule has 132 valence electrons. The van der Waals surface area contributed by atoms with Crippen molar-refractivity contribution in [2.24, 2.45) is 5.92 Å². The Morgan fingerprint density at radius 3 is 2.67 bits per heavy atom. The Hall–Kier alpha value is -1.13. The van der Waals surface area contributed by atoms with E-state index in [2.05, 4.69) is 10.6 Å². The maximum absolute atomic E-state index is 13.4. The molecule has 0 bridgehead atoms. The summed E-state index contributed by atoms with van der Waals surface area (Å²) in [5.41, 5.74) is 0.0554. The molecule has 2 N–H and O–H groups in total. The maximum atomic E-state index is 13.4. The fourth-order valence-electron chi connectivity index (χ4n) is 4.10. The third kappa shape index (κ3) is 4.48. The molecule has 0 atom stereocenters. The molecule has 0 radical (unpaired) electrons. The van der Waals surface area contributed by atoms with Crippen molar-refractivity contribution in [2.75, 3.05) is 6.54 Å². The summed E-state index contributed by atoms with van der Waals surface area (Å²) in [6.07, 6.45) is 8.64.